The molecule has 0 N–H and O–H groups in total. The second kappa shape index (κ2) is 14.8. The van der Waals surface area contributed by atoms with E-state index in [0.717, 1.165) is 45.9 Å². The minimum Gasteiger partial charge on any atom is -0.744 e. The molecule has 0 bridgehead atoms. The van der Waals surface area contributed by atoms with Crippen LogP contribution in [0.1, 0.15) is 82.2 Å². The summed E-state index contributed by atoms with van der Waals surface area (Å²) in [7, 11) is -6.33. The van der Waals surface area contributed by atoms with Gasteiger partial charge < -0.3 is 14.3 Å². The van der Waals surface area contributed by atoms with Crippen molar-refractivity contribution in [3.8, 4) is 0 Å². The maximum Gasteiger partial charge on any atom is 0.333 e. The first kappa shape index (κ1) is 37.8. The number of benzene rings is 2. The van der Waals surface area contributed by atoms with Crippen molar-refractivity contribution in [1.29, 1.82) is 0 Å². The fraction of sp³-hybridized carbons (Fsp3) is 0.444. The Balaban J connectivity index is 1.20. The smallest absolute Gasteiger partial charge is 0.333 e. The number of carbonyl (C=O) groups excluding carboxylic acids is 3. The zero-order valence-electron chi connectivity index (χ0n) is 29.4. The van der Waals surface area contributed by atoms with Crippen LogP contribution in [-0.4, -0.2) is 68.2 Å². The Morgan fingerprint density at radius 2 is 1.65 bits per heavy atom. The number of carbonyl (C=O) groups is 3. The van der Waals surface area contributed by atoms with Crippen molar-refractivity contribution in [2.45, 2.75) is 86.8 Å². The van der Waals surface area contributed by atoms with Gasteiger partial charge >= 0.3 is 5.97 Å². The molecule has 3 aromatic rings. The highest BCUT2D eigenvalue weighted by Crippen LogP contribution is 2.48. The Hall–Kier alpha value is -3.96. The van der Waals surface area contributed by atoms with Crippen molar-refractivity contribution >= 4 is 71.2 Å². The van der Waals surface area contributed by atoms with Crippen LogP contribution >= 0.6 is 11.3 Å². The third-order valence-electron chi connectivity index (χ3n) is 9.90. The number of hydrogen-bond acceptors (Lipinski definition) is 11. The summed E-state index contributed by atoms with van der Waals surface area (Å²) in [6.45, 7) is 5.53. The average Bonchev–Trinajstić information content (AvgIpc) is 3.67. The van der Waals surface area contributed by atoms with E-state index in [9.17, 15) is 35.8 Å². The van der Waals surface area contributed by atoms with Gasteiger partial charge in [-0.3, -0.25) is 9.59 Å². The number of sulfonamides is 1. The standard InChI is InChI=1S/C36H42N4O9S3/c1-36(2)27-23-26(52(46,47)48)15-16-28(27)39(22-9-4-6-13-35(43)49-40-32(41)18-19-33(40)42)31(36)11-10-12-34-37(3)29-17-14-25(24-30(29)50-34)51(44,45)38-20-7-5-8-21-38/h10-12,14-17,23-24H,4-9,13,18-22H2,1-3H3. The zero-order valence-corrected chi connectivity index (χ0v) is 31.8. The summed E-state index contributed by atoms with van der Waals surface area (Å²) in [4.78, 5) is 42.8. The first-order valence-corrected chi connectivity index (χ1v) is 21.0. The van der Waals surface area contributed by atoms with Crippen LogP contribution in [0.25, 0.3) is 16.3 Å². The topological polar surface area (TPSA) is 165 Å². The number of thiazole rings is 1. The number of rotatable bonds is 12. The van der Waals surface area contributed by atoms with Gasteiger partial charge in [-0.2, -0.15) is 8.87 Å². The molecule has 6 rings (SSSR count). The molecule has 2 saturated heterocycles. The van der Waals surface area contributed by atoms with Crippen molar-refractivity contribution in [2.24, 2.45) is 7.05 Å². The van der Waals surface area contributed by atoms with Crippen LogP contribution in [0.4, 0.5) is 5.69 Å². The van der Waals surface area contributed by atoms with Gasteiger partial charge in [-0.1, -0.05) is 44.1 Å². The van der Waals surface area contributed by atoms with Crippen molar-refractivity contribution in [1.82, 2.24) is 9.37 Å². The van der Waals surface area contributed by atoms with E-state index in [1.807, 2.05) is 49.8 Å². The van der Waals surface area contributed by atoms with E-state index in [0.29, 0.717) is 49.5 Å². The number of nitrogens with zero attached hydrogens (tertiary/aromatic N) is 4. The zero-order chi connectivity index (χ0) is 37.4. The highest BCUT2D eigenvalue weighted by molar-refractivity contribution is 7.89. The molecule has 16 heteroatoms. The lowest BCUT2D eigenvalue weighted by Gasteiger charge is -2.27. The molecule has 2 aromatic carbocycles. The Kier molecular flexibility index (Phi) is 10.8. The van der Waals surface area contributed by atoms with Crippen LogP contribution < -0.4 is 9.47 Å². The first-order chi connectivity index (χ1) is 24.6. The van der Waals surface area contributed by atoms with Crippen LogP contribution in [0, 0.1) is 0 Å². The molecule has 0 atom stereocenters. The Morgan fingerprint density at radius 1 is 0.962 bits per heavy atom. The molecule has 2 fully saturated rings. The van der Waals surface area contributed by atoms with E-state index in [1.54, 1.807) is 22.5 Å². The highest BCUT2D eigenvalue weighted by Gasteiger charge is 2.40. The quantitative estimate of drug-likeness (QED) is 0.109. The average molecular weight is 771 g/mol. The first-order valence-electron chi connectivity index (χ1n) is 17.3. The summed E-state index contributed by atoms with van der Waals surface area (Å²) in [5.41, 5.74) is 2.58. The van der Waals surface area contributed by atoms with Gasteiger partial charge in [-0.15, -0.1) is 5.06 Å². The summed E-state index contributed by atoms with van der Waals surface area (Å²) in [5, 5.41) is 1.44. The van der Waals surface area contributed by atoms with Crippen molar-refractivity contribution in [3.63, 3.8) is 0 Å². The van der Waals surface area contributed by atoms with Gasteiger partial charge in [0.1, 0.15) is 21.9 Å². The Bertz CT molecular complexity index is 2190. The molecular weight excluding hydrogens is 729 g/mol. The second-order valence-electron chi connectivity index (χ2n) is 13.8. The number of fused-ring (bicyclic) bond motifs is 2. The Labute approximate surface area is 307 Å². The number of unbranched alkanes of at least 4 members (excludes halogenated alkanes) is 2. The minimum absolute atomic E-state index is 0.0296. The lowest BCUT2D eigenvalue weighted by molar-refractivity contribution is -0.642. The number of allylic oxidation sites excluding steroid dienone is 3. The molecule has 1 aromatic heterocycles. The third kappa shape index (κ3) is 7.57. The normalized spacial score (nSPS) is 19.0. The van der Waals surface area contributed by atoms with Crippen molar-refractivity contribution < 1.29 is 45.2 Å². The van der Waals surface area contributed by atoms with Gasteiger partial charge in [-0.25, -0.2) is 21.6 Å². The van der Waals surface area contributed by atoms with E-state index < -0.39 is 43.3 Å². The molecular formula is C36H42N4O9S3. The maximum absolute atomic E-state index is 13.3. The molecule has 278 valence electrons. The van der Waals surface area contributed by atoms with Crippen molar-refractivity contribution in [3.05, 3.63) is 64.8 Å². The summed E-state index contributed by atoms with van der Waals surface area (Å²) in [5.74, 6) is -1.70. The van der Waals surface area contributed by atoms with Crippen LogP contribution in [0.15, 0.2) is 64.0 Å². The predicted molar refractivity (Wildman–Crippen MR) is 193 cm³/mol. The van der Waals surface area contributed by atoms with E-state index in [4.69, 9.17) is 4.84 Å². The SMILES string of the molecule is C[n+]1c(/C=C/C=C2/N(CCCCCC(=O)ON3C(=O)CCC3=O)c3ccc(S(=O)(=O)[O-])cc3C2(C)C)sc2cc(S(=O)(=O)N3CCCCC3)ccc21. The number of aryl methyl sites for hydroxylation is 1. The lowest BCUT2D eigenvalue weighted by Crippen LogP contribution is -2.35. The van der Waals surface area contributed by atoms with Crippen LogP contribution in [0.5, 0.6) is 0 Å². The summed E-state index contributed by atoms with van der Waals surface area (Å²) >= 11 is 1.48. The van der Waals surface area contributed by atoms with E-state index in [-0.39, 0.29) is 29.1 Å². The number of hydroxylamine groups is 2. The molecule has 13 nitrogen and oxygen atoms in total. The monoisotopic (exact) mass is 770 g/mol. The van der Waals surface area contributed by atoms with Gasteiger partial charge in [0, 0.05) is 67.8 Å². The Morgan fingerprint density at radius 3 is 2.35 bits per heavy atom. The summed E-state index contributed by atoms with van der Waals surface area (Å²) < 4.78 is 66.9. The molecule has 52 heavy (non-hydrogen) atoms. The van der Waals surface area contributed by atoms with Gasteiger partial charge in [0.25, 0.3) is 16.8 Å². The molecule has 3 aliphatic heterocycles. The number of amides is 2. The number of aromatic nitrogens is 1. The largest absolute Gasteiger partial charge is 0.744 e. The minimum atomic E-state index is -4.68. The van der Waals surface area contributed by atoms with Crippen LogP contribution in [0.3, 0.4) is 0 Å². The fourth-order valence-electron chi connectivity index (χ4n) is 7.01. The molecule has 0 aliphatic carbocycles. The van der Waals surface area contributed by atoms with Gasteiger partial charge in [0.2, 0.25) is 15.5 Å². The van der Waals surface area contributed by atoms with Crippen LogP contribution in [0.2, 0.25) is 0 Å². The molecule has 2 amide bonds. The maximum atomic E-state index is 13.3. The van der Waals surface area contributed by atoms with Crippen molar-refractivity contribution in [2.75, 3.05) is 24.5 Å². The molecule has 4 heterocycles. The third-order valence-corrected chi connectivity index (χ3v) is 13.8. The summed E-state index contributed by atoms with van der Waals surface area (Å²) in [6, 6.07) is 9.65. The molecule has 0 radical (unpaired) electrons. The molecule has 0 spiro atoms. The van der Waals surface area contributed by atoms with E-state index >= 15 is 0 Å². The number of imide groups is 1. The highest BCUT2D eigenvalue weighted by atomic mass is 32.2. The molecule has 0 saturated carbocycles. The fourth-order valence-corrected chi connectivity index (χ4v) is 10.2. The number of piperidine rings is 1. The number of hydrogen-bond donors (Lipinski definition) is 0. The second-order valence-corrected chi connectivity index (χ2v) is 18.1. The van der Waals surface area contributed by atoms with E-state index in [1.165, 1.54) is 23.5 Å². The predicted octanol–water partition coefficient (Wildman–Crippen LogP) is 4.67. The molecule has 0 unspecified atom stereocenters. The van der Waals surface area contributed by atoms with Crippen LogP contribution in [-0.2, 0) is 51.8 Å². The lowest BCUT2D eigenvalue weighted by atomic mass is 9.83. The molecule has 3 aliphatic rings. The van der Waals surface area contributed by atoms with Gasteiger partial charge in [0.05, 0.1) is 9.79 Å². The van der Waals surface area contributed by atoms with Gasteiger partial charge in [0.15, 0.2) is 0 Å². The van der Waals surface area contributed by atoms with Gasteiger partial charge in [-0.05, 0) is 67.7 Å². The summed E-state index contributed by atoms with van der Waals surface area (Å²) in [6.07, 6.45) is 10.4. The van der Waals surface area contributed by atoms with E-state index in [2.05, 4.69) is 4.90 Å². The number of anilines is 1.